The Balaban J connectivity index is 1.76. The van der Waals surface area contributed by atoms with Crippen molar-refractivity contribution >= 4 is 11.4 Å². The Morgan fingerprint density at radius 3 is 2.79 bits per heavy atom. The molecule has 0 spiro atoms. The van der Waals surface area contributed by atoms with Crippen molar-refractivity contribution in [1.82, 2.24) is 9.88 Å². The molecule has 0 N–H and O–H groups in total. The van der Waals surface area contributed by atoms with Gasteiger partial charge < -0.3 is 4.42 Å². The van der Waals surface area contributed by atoms with Crippen molar-refractivity contribution in [1.29, 1.82) is 0 Å². The zero-order valence-corrected chi connectivity index (χ0v) is 10.5. The Bertz CT molecular complexity index is 588. The van der Waals surface area contributed by atoms with Crippen LogP contribution in [0.1, 0.15) is 11.5 Å². The summed E-state index contributed by atoms with van der Waals surface area (Å²) in [6, 6.07) is 10.1. The van der Waals surface area contributed by atoms with Crippen molar-refractivity contribution in [2.24, 2.45) is 0 Å². The van der Waals surface area contributed by atoms with Crippen molar-refractivity contribution in [2.75, 3.05) is 13.1 Å². The van der Waals surface area contributed by atoms with E-state index in [0.717, 1.165) is 12.1 Å². The Kier molecular flexibility index (Phi) is 3.25. The van der Waals surface area contributed by atoms with Crippen LogP contribution in [0.25, 0.3) is 5.57 Å². The molecule has 0 fully saturated rings. The van der Waals surface area contributed by atoms with Gasteiger partial charge >= 0.3 is 0 Å². The predicted molar refractivity (Wildman–Crippen MR) is 71.2 cm³/mol. The molecule has 4 heteroatoms. The first kappa shape index (κ1) is 11.9. The number of carbonyl (C=O) groups is 1. The molecule has 0 unspecified atom stereocenters. The van der Waals surface area contributed by atoms with Crippen LogP contribution in [-0.2, 0) is 11.3 Å². The summed E-state index contributed by atoms with van der Waals surface area (Å²) < 4.78 is 5.26. The van der Waals surface area contributed by atoms with Gasteiger partial charge in [-0.1, -0.05) is 30.3 Å². The number of oxazole rings is 1. The van der Waals surface area contributed by atoms with Crippen LogP contribution in [0, 0.1) is 0 Å². The molecular formula is C15H14N2O2. The molecule has 19 heavy (non-hydrogen) atoms. The Morgan fingerprint density at radius 1 is 1.21 bits per heavy atom. The van der Waals surface area contributed by atoms with Crippen LogP contribution in [0.3, 0.4) is 0 Å². The van der Waals surface area contributed by atoms with Gasteiger partial charge in [0.15, 0.2) is 5.78 Å². The number of hydrogen-bond donors (Lipinski definition) is 0. The summed E-state index contributed by atoms with van der Waals surface area (Å²) in [6.45, 7) is 1.88. The zero-order valence-electron chi connectivity index (χ0n) is 10.5. The van der Waals surface area contributed by atoms with Gasteiger partial charge in [0.2, 0.25) is 5.89 Å². The minimum absolute atomic E-state index is 0.0929. The third kappa shape index (κ3) is 2.80. The van der Waals surface area contributed by atoms with E-state index in [-0.39, 0.29) is 5.78 Å². The SMILES string of the molecule is O=C1C=C(c2ncco2)CN(Cc2ccccc2)C1. The highest BCUT2D eigenvalue weighted by Crippen LogP contribution is 2.19. The standard InChI is InChI=1S/C15H14N2O2/c18-14-8-13(15-16-6-7-19-15)10-17(11-14)9-12-4-2-1-3-5-12/h1-8H,9-11H2. The van der Waals surface area contributed by atoms with E-state index in [1.54, 1.807) is 12.3 Å². The fourth-order valence-corrected chi connectivity index (χ4v) is 2.27. The highest BCUT2D eigenvalue weighted by Gasteiger charge is 2.21. The minimum atomic E-state index is 0.0929. The molecule has 2 aromatic rings. The molecule has 0 atom stereocenters. The van der Waals surface area contributed by atoms with E-state index >= 15 is 0 Å². The molecule has 2 heterocycles. The maximum absolute atomic E-state index is 11.8. The predicted octanol–water partition coefficient (Wildman–Crippen LogP) is 2.14. The highest BCUT2D eigenvalue weighted by atomic mass is 16.3. The number of nitrogens with zero attached hydrogens (tertiary/aromatic N) is 2. The van der Waals surface area contributed by atoms with Gasteiger partial charge in [0.1, 0.15) is 6.26 Å². The van der Waals surface area contributed by atoms with Crippen LogP contribution in [0.4, 0.5) is 0 Å². The number of aromatic nitrogens is 1. The molecule has 1 aromatic carbocycles. The van der Waals surface area contributed by atoms with E-state index in [1.165, 1.54) is 11.8 Å². The second kappa shape index (κ2) is 5.20. The van der Waals surface area contributed by atoms with E-state index in [1.807, 2.05) is 18.2 Å². The topological polar surface area (TPSA) is 46.3 Å². The van der Waals surface area contributed by atoms with E-state index in [2.05, 4.69) is 22.0 Å². The molecule has 0 aliphatic carbocycles. The first-order valence-electron chi connectivity index (χ1n) is 6.21. The summed E-state index contributed by atoms with van der Waals surface area (Å²) in [5, 5.41) is 0. The summed E-state index contributed by atoms with van der Waals surface area (Å²) in [6.07, 6.45) is 4.75. The van der Waals surface area contributed by atoms with Crippen LogP contribution in [0.15, 0.2) is 53.3 Å². The molecule has 0 amide bonds. The average Bonchev–Trinajstić information content (AvgIpc) is 2.93. The number of carbonyl (C=O) groups excluding carboxylic acids is 1. The molecule has 1 aliphatic heterocycles. The Morgan fingerprint density at radius 2 is 2.05 bits per heavy atom. The second-order valence-electron chi connectivity index (χ2n) is 4.60. The molecule has 96 valence electrons. The number of hydrogen-bond acceptors (Lipinski definition) is 4. The van der Waals surface area contributed by atoms with Crippen molar-refractivity contribution in [3.8, 4) is 0 Å². The zero-order chi connectivity index (χ0) is 13.1. The molecule has 0 bridgehead atoms. The Labute approximate surface area is 111 Å². The fraction of sp³-hybridized carbons (Fsp3) is 0.200. The molecule has 1 aromatic heterocycles. The molecule has 1 aliphatic rings. The number of ketones is 1. The molecule has 0 radical (unpaired) electrons. The van der Waals surface area contributed by atoms with Crippen LogP contribution >= 0.6 is 0 Å². The lowest BCUT2D eigenvalue weighted by Crippen LogP contribution is -2.34. The summed E-state index contributed by atoms with van der Waals surface area (Å²) in [5.74, 6) is 0.626. The van der Waals surface area contributed by atoms with Gasteiger partial charge in [-0.3, -0.25) is 9.69 Å². The third-order valence-electron chi connectivity index (χ3n) is 3.06. The quantitative estimate of drug-likeness (QED) is 0.842. The van der Waals surface area contributed by atoms with Gasteiger partial charge in [-0.15, -0.1) is 0 Å². The van der Waals surface area contributed by atoms with E-state index in [4.69, 9.17) is 4.42 Å². The summed E-state index contributed by atoms with van der Waals surface area (Å²) in [7, 11) is 0. The monoisotopic (exact) mass is 254 g/mol. The van der Waals surface area contributed by atoms with Gasteiger partial charge in [0, 0.05) is 18.7 Å². The van der Waals surface area contributed by atoms with Gasteiger partial charge in [0.05, 0.1) is 12.7 Å². The lowest BCUT2D eigenvalue weighted by atomic mass is 10.1. The lowest BCUT2D eigenvalue weighted by molar-refractivity contribution is -0.116. The first-order valence-corrected chi connectivity index (χ1v) is 6.21. The highest BCUT2D eigenvalue weighted by molar-refractivity contribution is 5.99. The van der Waals surface area contributed by atoms with E-state index < -0.39 is 0 Å². The molecule has 4 nitrogen and oxygen atoms in total. The summed E-state index contributed by atoms with van der Waals surface area (Å²) in [5.41, 5.74) is 2.04. The van der Waals surface area contributed by atoms with Crippen LogP contribution < -0.4 is 0 Å². The normalized spacial score (nSPS) is 16.4. The second-order valence-corrected chi connectivity index (χ2v) is 4.60. The third-order valence-corrected chi connectivity index (χ3v) is 3.06. The fourth-order valence-electron chi connectivity index (χ4n) is 2.27. The van der Waals surface area contributed by atoms with Crippen molar-refractivity contribution < 1.29 is 9.21 Å². The van der Waals surface area contributed by atoms with E-state index in [9.17, 15) is 4.79 Å². The van der Waals surface area contributed by atoms with Gasteiger partial charge in [-0.25, -0.2) is 4.98 Å². The number of rotatable bonds is 3. The van der Waals surface area contributed by atoms with Crippen molar-refractivity contribution in [3.63, 3.8) is 0 Å². The molecule has 3 rings (SSSR count). The maximum Gasteiger partial charge on any atom is 0.223 e. The van der Waals surface area contributed by atoms with E-state index in [0.29, 0.717) is 19.0 Å². The molecule has 0 saturated carbocycles. The van der Waals surface area contributed by atoms with Crippen LogP contribution in [-0.4, -0.2) is 28.8 Å². The summed E-state index contributed by atoms with van der Waals surface area (Å²) >= 11 is 0. The first-order chi connectivity index (χ1) is 9.31. The maximum atomic E-state index is 11.8. The minimum Gasteiger partial charge on any atom is -0.445 e. The molecular weight excluding hydrogens is 240 g/mol. The lowest BCUT2D eigenvalue weighted by Gasteiger charge is -2.25. The van der Waals surface area contributed by atoms with Gasteiger partial charge in [-0.05, 0) is 11.6 Å². The largest absolute Gasteiger partial charge is 0.445 e. The van der Waals surface area contributed by atoms with Gasteiger partial charge in [-0.2, -0.15) is 0 Å². The number of benzene rings is 1. The Hall–Kier alpha value is -2.20. The smallest absolute Gasteiger partial charge is 0.223 e. The summed E-state index contributed by atoms with van der Waals surface area (Å²) in [4.78, 5) is 18.0. The van der Waals surface area contributed by atoms with Crippen LogP contribution in [0.5, 0.6) is 0 Å². The molecule has 0 saturated heterocycles. The van der Waals surface area contributed by atoms with Crippen LogP contribution in [0.2, 0.25) is 0 Å². The van der Waals surface area contributed by atoms with Crippen molar-refractivity contribution in [3.05, 3.63) is 60.3 Å². The van der Waals surface area contributed by atoms with Gasteiger partial charge in [0.25, 0.3) is 0 Å². The average molecular weight is 254 g/mol. The van der Waals surface area contributed by atoms with Crippen molar-refractivity contribution in [2.45, 2.75) is 6.54 Å².